The quantitative estimate of drug-likeness (QED) is 0.704. The number of hydrogen-bond donors (Lipinski definition) is 0. The van der Waals surface area contributed by atoms with E-state index in [4.69, 9.17) is 0 Å². The third-order valence-electron chi connectivity index (χ3n) is 4.58. The molecule has 26 heavy (non-hydrogen) atoms. The van der Waals surface area contributed by atoms with E-state index in [1.165, 1.54) is 0 Å². The van der Waals surface area contributed by atoms with Crippen LogP contribution in [0.3, 0.4) is 0 Å². The van der Waals surface area contributed by atoms with E-state index in [2.05, 4.69) is 0 Å². The molecule has 0 aliphatic rings. The molecular weight excluding hydrogens is 324 g/mol. The van der Waals surface area contributed by atoms with Crippen LogP contribution in [0, 0.1) is 5.41 Å². The molecule has 0 saturated heterocycles. The normalized spacial score (nSPS) is 11.1. The molecule has 0 bridgehead atoms. The number of nitrogens with zero attached hydrogens (tertiary/aromatic N) is 2. The summed E-state index contributed by atoms with van der Waals surface area (Å²) in [7, 11) is 0. The van der Waals surface area contributed by atoms with Crippen molar-refractivity contribution >= 4 is 17.5 Å². The number of anilines is 1. The monoisotopic (exact) mass is 352 g/mol. The van der Waals surface area contributed by atoms with Crippen molar-refractivity contribution in [2.24, 2.45) is 5.41 Å². The van der Waals surface area contributed by atoms with Crippen LogP contribution >= 0.6 is 0 Å². The second kappa shape index (κ2) is 8.65. The minimum absolute atomic E-state index is 0.150. The van der Waals surface area contributed by atoms with Crippen molar-refractivity contribution in [1.82, 2.24) is 4.90 Å². The fraction of sp³-hybridized carbons (Fsp3) is 0.364. The molecule has 0 aromatic heterocycles. The van der Waals surface area contributed by atoms with Gasteiger partial charge in [-0.1, -0.05) is 48.5 Å². The molecule has 0 atom stereocenters. The lowest BCUT2D eigenvalue weighted by molar-refractivity contribution is -0.147. The number of carbonyl (C=O) groups excluding carboxylic acids is 2. The molecule has 0 heterocycles. The number of hydrogen-bond acceptors (Lipinski definition) is 2. The molecule has 0 unspecified atom stereocenters. The Balaban J connectivity index is 2.22. The maximum Gasteiger partial charge on any atom is 0.242 e. The van der Waals surface area contributed by atoms with E-state index in [9.17, 15) is 9.59 Å². The van der Waals surface area contributed by atoms with Crippen LogP contribution in [0.2, 0.25) is 0 Å². The number of carbonyl (C=O) groups is 2. The third kappa shape index (κ3) is 4.31. The predicted octanol–water partition coefficient (Wildman–Crippen LogP) is 4.11. The van der Waals surface area contributed by atoms with Crippen molar-refractivity contribution in [3.8, 4) is 0 Å². The lowest BCUT2D eigenvalue weighted by Crippen LogP contribution is -2.51. The van der Waals surface area contributed by atoms with Crippen LogP contribution in [-0.2, 0) is 16.1 Å². The highest BCUT2D eigenvalue weighted by Gasteiger charge is 2.41. The smallest absolute Gasteiger partial charge is 0.242 e. The van der Waals surface area contributed by atoms with Crippen molar-refractivity contribution in [3.63, 3.8) is 0 Å². The molecule has 4 heteroatoms. The first-order chi connectivity index (χ1) is 12.4. The van der Waals surface area contributed by atoms with Crippen LogP contribution in [0.25, 0.3) is 0 Å². The van der Waals surface area contributed by atoms with Gasteiger partial charge in [-0.25, -0.2) is 0 Å². The lowest BCUT2D eigenvalue weighted by atomic mass is 9.89. The molecule has 0 aliphatic heterocycles. The van der Waals surface area contributed by atoms with Gasteiger partial charge in [-0.2, -0.15) is 0 Å². The maximum atomic E-state index is 13.2. The predicted molar refractivity (Wildman–Crippen MR) is 106 cm³/mol. The largest absolute Gasteiger partial charge is 0.338 e. The highest BCUT2D eigenvalue weighted by molar-refractivity contribution is 6.11. The Kier molecular flexibility index (Phi) is 6.56. The number of rotatable bonds is 7. The molecule has 0 radical (unpaired) electrons. The minimum atomic E-state index is -1.13. The summed E-state index contributed by atoms with van der Waals surface area (Å²) >= 11 is 0. The molecule has 0 saturated carbocycles. The average Bonchev–Trinajstić information content (AvgIpc) is 2.67. The highest BCUT2D eigenvalue weighted by atomic mass is 16.2. The Labute approximate surface area is 156 Å². The maximum absolute atomic E-state index is 13.2. The Bertz CT molecular complexity index is 726. The molecule has 0 aliphatic carbocycles. The van der Waals surface area contributed by atoms with E-state index in [0.29, 0.717) is 19.6 Å². The number of para-hydroxylation sites is 1. The Morgan fingerprint density at radius 1 is 0.808 bits per heavy atom. The lowest BCUT2D eigenvalue weighted by Gasteiger charge is -2.34. The Morgan fingerprint density at radius 2 is 1.35 bits per heavy atom. The third-order valence-corrected chi connectivity index (χ3v) is 4.58. The topological polar surface area (TPSA) is 40.6 Å². The molecule has 2 rings (SSSR count). The van der Waals surface area contributed by atoms with Gasteiger partial charge in [0, 0.05) is 25.3 Å². The van der Waals surface area contributed by atoms with E-state index in [0.717, 1.165) is 11.3 Å². The molecule has 138 valence electrons. The fourth-order valence-corrected chi connectivity index (χ4v) is 3.01. The van der Waals surface area contributed by atoms with E-state index < -0.39 is 5.41 Å². The minimum Gasteiger partial charge on any atom is -0.338 e. The van der Waals surface area contributed by atoms with Crippen molar-refractivity contribution < 1.29 is 9.59 Å². The van der Waals surface area contributed by atoms with Crippen molar-refractivity contribution in [2.45, 2.75) is 34.2 Å². The summed E-state index contributed by atoms with van der Waals surface area (Å²) in [5.41, 5.74) is 0.741. The Hall–Kier alpha value is -2.62. The van der Waals surface area contributed by atoms with Gasteiger partial charge in [0.2, 0.25) is 11.8 Å². The van der Waals surface area contributed by atoms with Crippen molar-refractivity contribution in [1.29, 1.82) is 0 Å². The number of benzene rings is 2. The summed E-state index contributed by atoms with van der Waals surface area (Å²) in [4.78, 5) is 29.8. The summed E-state index contributed by atoms with van der Waals surface area (Å²) < 4.78 is 0. The van der Waals surface area contributed by atoms with Crippen LogP contribution in [-0.4, -0.2) is 29.8 Å². The van der Waals surface area contributed by atoms with E-state index in [-0.39, 0.29) is 11.8 Å². The van der Waals surface area contributed by atoms with E-state index in [1.54, 1.807) is 23.6 Å². The van der Waals surface area contributed by atoms with Gasteiger partial charge in [0.1, 0.15) is 5.41 Å². The van der Waals surface area contributed by atoms with Gasteiger partial charge >= 0.3 is 0 Å². The molecule has 2 amide bonds. The second-order valence-electron chi connectivity index (χ2n) is 6.81. The van der Waals surface area contributed by atoms with Gasteiger partial charge in [0.15, 0.2) is 0 Å². The van der Waals surface area contributed by atoms with Gasteiger partial charge < -0.3 is 9.80 Å². The molecule has 0 fully saturated rings. The van der Waals surface area contributed by atoms with Gasteiger partial charge in [0.25, 0.3) is 0 Å². The highest BCUT2D eigenvalue weighted by Crippen LogP contribution is 2.26. The van der Waals surface area contributed by atoms with Crippen LogP contribution < -0.4 is 4.90 Å². The van der Waals surface area contributed by atoms with Gasteiger partial charge in [0.05, 0.1) is 0 Å². The van der Waals surface area contributed by atoms with Gasteiger partial charge in [-0.05, 0) is 45.4 Å². The van der Waals surface area contributed by atoms with E-state index >= 15 is 0 Å². The van der Waals surface area contributed by atoms with Crippen molar-refractivity contribution in [2.75, 3.05) is 18.0 Å². The summed E-state index contributed by atoms with van der Waals surface area (Å²) in [6, 6.07) is 19.3. The fourth-order valence-electron chi connectivity index (χ4n) is 3.01. The first-order valence-electron chi connectivity index (χ1n) is 9.12. The average molecular weight is 352 g/mol. The molecule has 2 aromatic carbocycles. The SMILES string of the molecule is CCN(Cc1ccccc1)C(=O)C(C)(C)C(=O)N(CC)c1ccccc1. The number of amides is 2. The van der Waals surface area contributed by atoms with Crippen LogP contribution in [0.5, 0.6) is 0 Å². The Morgan fingerprint density at radius 3 is 1.85 bits per heavy atom. The zero-order valence-corrected chi connectivity index (χ0v) is 16.1. The first-order valence-corrected chi connectivity index (χ1v) is 9.12. The van der Waals surface area contributed by atoms with Crippen LogP contribution in [0.15, 0.2) is 60.7 Å². The summed E-state index contributed by atoms with van der Waals surface area (Å²) in [5.74, 6) is -0.328. The molecule has 0 spiro atoms. The van der Waals surface area contributed by atoms with E-state index in [1.807, 2.05) is 74.5 Å². The van der Waals surface area contributed by atoms with Crippen LogP contribution in [0.1, 0.15) is 33.3 Å². The standard InChI is InChI=1S/C22H28N2O2/c1-5-23(17-18-13-9-7-10-14-18)20(25)22(3,4)21(26)24(6-2)19-15-11-8-12-16-19/h7-16H,5-6,17H2,1-4H3. The summed E-state index contributed by atoms with van der Waals surface area (Å²) in [5, 5.41) is 0. The molecule has 2 aromatic rings. The molecule has 4 nitrogen and oxygen atoms in total. The zero-order chi connectivity index (χ0) is 19.2. The summed E-state index contributed by atoms with van der Waals surface area (Å²) in [6.07, 6.45) is 0. The first kappa shape index (κ1) is 19.7. The van der Waals surface area contributed by atoms with Gasteiger partial charge in [-0.3, -0.25) is 9.59 Å². The summed E-state index contributed by atoms with van der Waals surface area (Å²) in [6.45, 7) is 8.88. The zero-order valence-electron chi connectivity index (χ0n) is 16.1. The van der Waals surface area contributed by atoms with Gasteiger partial charge in [-0.15, -0.1) is 0 Å². The second-order valence-corrected chi connectivity index (χ2v) is 6.81. The molecular formula is C22H28N2O2. The van der Waals surface area contributed by atoms with Crippen LogP contribution in [0.4, 0.5) is 5.69 Å². The van der Waals surface area contributed by atoms with Crippen molar-refractivity contribution in [3.05, 3.63) is 66.2 Å². The molecule has 0 N–H and O–H groups in total.